The van der Waals surface area contributed by atoms with Crippen molar-refractivity contribution in [1.82, 2.24) is 0 Å². The Labute approximate surface area is 93.8 Å². The van der Waals surface area contributed by atoms with Gasteiger partial charge in [0.25, 0.3) is 0 Å². The van der Waals surface area contributed by atoms with E-state index in [4.69, 9.17) is 23.2 Å². The maximum Gasteiger partial charge on any atom is 0.0595 e. The van der Waals surface area contributed by atoms with Crippen LogP contribution in [-0.2, 0) is 0 Å². The third-order valence-corrected chi connectivity index (χ3v) is 3.09. The van der Waals surface area contributed by atoms with Gasteiger partial charge in [-0.3, -0.25) is 0 Å². The van der Waals surface area contributed by atoms with Crippen LogP contribution < -0.4 is 0 Å². The van der Waals surface area contributed by atoms with E-state index < -0.39 is 0 Å². The molecule has 1 unspecified atom stereocenters. The van der Waals surface area contributed by atoms with Crippen molar-refractivity contribution in [2.75, 3.05) is 0 Å². The fourth-order valence-corrected chi connectivity index (χ4v) is 1.88. The summed E-state index contributed by atoms with van der Waals surface area (Å²) >= 11 is 11.8. The molecule has 2 rings (SSSR count). The molecule has 72 valence electrons. The Morgan fingerprint density at radius 2 is 1.93 bits per heavy atom. The van der Waals surface area contributed by atoms with Crippen molar-refractivity contribution in [2.45, 2.75) is 12.3 Å². The van der Waals surface area contributed by atoms with E-state index in [2.05, 4.69) is 24.3 Å². The Hall–Kier alpha value is -0.720. The van der Waals surface area contributed by atoms with Crippen molar-refractivity contribution in [3.63, 3.8) is 0 Å². The predicted molar refractivity (Wildman–Crippen MR) is 62.1 cm³/mol. The summed E-state index contributed by atoms with van der Waals surface area (Å²) in [4.78, 5) is 0. The summed E-state index contributed by atoms with van der Waals surface area (Å²) in [5.41, 5.74) is 1.22. The first-order chi connectivity index (χ1) is 6.77. The van der Waals surface area contributed by atoms with Gasteiger partial charge in [-0.15, -0.1) is 0 Å². The summed E-state index contributed by atoms with van der Waals surface area (Å²) < 4.78 is 0. The van der Waals surface area contributed by atoms with Gasteiger partial charge >= 0.3 is 0 Å². The van der Waals surface area contributed by atoms with E-state index in [9.17, 15) is 0 Å². The van der Waals surface area contributed by atoms with Crippen LogP contribution in [0.5, 0.6) is 0 Å². The molecule has 1 aliphatic rings. The van der Waals surface area contributed by atoms with Crippen LogP contribution in [0.4, 0.5) is 0 Å². The normalized spacial score (nSPS) is 20.0. The quantitative estimate of drug-likeness (QED) is 0.655. The third kappa shape index (κ3) is 2.02. The summed E-state index contributed by atoms with van der Waals surface area (Å²) in [6.45, 7) is 0. The Morgan fingerprint density at radius 3 is 2.57 bits per heavy atom. The standard InChI is InChI=1S/C12H10Cl2/c13-11-7-6-10(8-12(11)14)9-4-2-1-3-5-9/h1-4,6-9H,5H2. The Bertz CT molecular complexity index is 391. The molecule has 0 amide bonds. The molecule has 0 N–H and O–H groups in total. The fraction of sp³-hybridized carbons (Fsp3) is 0.167. The summed E-state index contributed by atoms with van der Waals surface area (Å²) in [5, 5.41) is 1.25. The van der Waals surface area contributed by atoms with Gasteiger partial charge in [0.2, 0.25) is 0 Å². The lowest BCUT2D eigenvalue weighted by molar-refractivity contribution is 0.854. The van der Waals surface area contributed by atoms with Crippen LogP contribution >= 0.6 is 23.2 Å². The highest BCUT2D eigenvalue weighted by atomic mass is 35.5. The van der Waals surface area contributed by atoms with Crippen LogP contribution in [0.1, 0.15) is 17.9 Å². The lowest BCUT2D eigenvalue weighted by Crippen LogP contribution is -1.95. The molecule has 1 aromatic rings. The molecule has 1 atom stereocenters. The number of allylic oxidation sites excluding steroid dienone is 4. The van der Waals surface area contributed by atoms with Crippen LogP contribution in [0.25, 0.3) is 0 Å². The summed E-state index contributed by atoms with van der Waals surface area (Å²) in [5.74, 6) is 0.440. The second-order valence-electron chi connectivity index (χ2n) is 3.33. The maximum absolute atomic E-state index is 5.96. The zero-order chi connectivity index (χ0) is 9.97. The average molecular weight is 225 g/mol. The number of hydrogen-bond donors (Lipinski definition) is 0. The van der Waals surface area contributed by atoms with Crippen molar-refractivity contribution in [3.8, 4) is 0 Å². The first kappa shape index (κ1) is 9.82. The molecule has 0 heterocycles. The van der Waals surface area contributed by atoms with Crippen molar-refractivity contribution in [2.24, 2.45) is 0 Å². The molecule has 0 aliphatic heterocycles. The minimum Gasteiger partial charge on any atom is -0.0836 e. The molecule has 0 spiro atoms. The van der Waals surface area contributed by atoms with E-state index in [1.807, 2.05) is 18.2 Å². The van der Waals surface area contributed by atoms with E-state index in [0.29, 0.717) is 16.0 Å². The zero-order valence-corrected chi connectivity index (χ0v) is 9.09. The third-order valence-electron chi connectivity index (χ3n) is 2.35. The first-order valence-corrected chi connectivity index (χ1v) is 5.31. The topological polar surface area (TPSA) is 0 Å². The first-order valence-electron chi connectivity index (χ1n) is 4.55. The number of halogens is 2. The summed E-state index contributed by atoms with van der Waals surface area (Å²) in [6.07, 6.45) is 9.51. The van der Waals surface area contributed by atoms with Crippen LogP contribution in [0.3, 0.4) is 0 Å². The Morgan fingerprint density at radius 1 is 1.07 bits per heavy atom. The van der Waals surface area contributed by atoms with Gasteiger partial charge in [0, 0.05) is 5.92 Å². The van der Waals surface area contributed by atoms with E-state index in [-0.39, 0.29) is 0 Å². The van der Waals surface area contributed by atoms with Crippen molar-refractivity contribution in [3.05, 3.63) is 58.1 Å². The minimum atomic E-state index is 0.440. The van der Waals surface area contributed by atoms with Gasteiger partial charge in [-0.05, 0) is 24.1 Å². The molecule has 0 saturated heterocycles. The highest BCUT2D eigenvalue weighted by molar-refractivity contribution is 6.42. The van der Waals surface area contributed by atoms with Crippen LogP contribution in [0.15, 0.2) is 42.5 Å². The van der Waals surface area contributed by atoms with Gasteiger partial charge in [-0.2, -0.15) is 0 Å². The van der Waals surface area contributed by atoms with Gasteiger partial charge in [-0.25, -0.2) is 0 Å². The molecule has 14 heavy (non-hydrogen) atoms. The lowest BCUT2D eigenvalue weighted by atomic mass is 9.93. The Kier molecular flexibility index (Phi) is 2.95. The van der Waals surface area contributed by atoms with E-state index in [0.717, 1.165) is 6.42 Å². The molecular formula is C12H10Cl2. The fourth-order valence-electron chi connectivity index (χ4n) is 1.57. The largest absolute Gasteiger partial charge is 0.0836 e. The maximum atomic E-state index is 5.96. The molecule has 0 nitrogen and oxygen atoms in total. The van der Waals surface area contributed by atoms with Crippen LogP contribution in [-0.4, -0.2) is 0 Å². The second kappa shape index (κ2) is 4.20. The van der Waals surface area contributed by atoms with E-state index in [1.54, 1.807) is 0 Å². The average Bonchev–Trinajstić information content (AvgIpc) is 2.23. The molecule has 0 radical (unpaired) electrons. The smallest absolute Gasteiger partial charge is 0.0595 e. The highest BCUT2D eigenvalue weighted by Crippen LogP contribution is 2.30. The molecule has 0 fully saturated rings. The van der Waals surface area contributed by atoms with Crippen LogP contribution in [0.2, 0.25) is 10.0 Å². The molecule has 0 aromatic heterocycles. The molecule has 1 aliphatic carbocycles. The monoisotopic (exact) mass is 224 g/mol. The molecular weight excluding hydrogens is 215 g/mol. The summed E-state index contributed by atoms with van der Waals surface area (Å²) in [7, 11) is 0. The zero-order valence-electron chi connectivity index (χ0n) is 7.58. The number of hydrogen-bond acceptors (Lipinski definition) is 0. The van der Waals surface area contributed by atoms with Gasteiger partial charge < -0.3 is 0 Å². The van der Waals surface area contributed by atoms with Crippen molar-refractivity contribution in [1.29, 1.82) is 0 Å². The summed E-state index contributed by atoms with van der Waals surface area (Å²) in [6, 6.07) is 5.83. The van der Waals surface area contributed by atoms with Gasteiger partial charge in [0.15, 0.2) is 0 Å². The highest BCUT2D eigenvalue weighted by Gasteiger charge is 2.09. The van der Waals surface area contributed by atoms with Crippen molar-refractivity contribution >= 4 is 23.2 Å². The van der Waals surface area contributed by atoms with E-state index >= 15 is 0 Å². The molecule has 0 bridgehead atoms. The van der Waals surface area contributed by atoms with E-state index in [1.165, 1.54) is 5.56 Å². The van der Waals surface area contributed by atoms with Crippen molar-refractivity contribution < 1.29 is 0 Å². The van der Waals surface area contributed by atoms with Gasteiger partial charge in [0.1, 0.15) is 0 Å². The lowest BCUT2D eigenvalue weighted by Gasteiger charge is -2.13. The second-order valence-corrected chi connectivity index (χ2v) is 4.14. The predicted octanol–water partition coefficient (Wildman–Crippen LogP) is 4.59. The molecule has 2 heteroatoms. The van der Waals surface area contributed by atoms with Gasteiger partial charge in [-0.1, -0.05) is 53.6 Å². The number of rotatable bonds is 1. The van der Waals surface area contributed by atoms with Gasteiger partial charge in [0.05, 0.1) is 10.0 Å². The Balaban J connectivity index is 2.28. The SMILES string of the molecule is Clc1ccc(C2C=CC=CC2)cc1Cl. The number of benzene rings is 1. The molecule has 1 aromatic carbocycles. The van der Waals surface area contributed by atoms with Crippen LogP contribution in [0, 0.1) is 0 Å². The minimum absolute atomic E-state index is 0.440. The molecule has 0 saturated carbocycles.